The minimum absolute atomic E-state index is 0.226. The van der Waals surface area contributed by atoms with Crippen molar-refractivity contribution in [3.63, 3.8) is 0 Å². The Morgan fingerprint density at radius 2 is 1.38 bits per heavy atom. The van der Waals surface area contributed by atoms with Crippen molar-refractivity contribution in [2.45, 2.75) is 53.4 Å². The van der Waals surface area contributed by atoms with E-state index in [0.717, 1.165) is 0 Å². The van der Waals surface area contributed by atoms with E-state index in [-0.39, 0.29) is 7.92 Å². The van der Waals surface area contributed by atoms with Crippen LogP contribution in [0.4, 0.5) is 0 Å². The van der Waals surface area contributed by atoms with E-state index in [4.69, 9.17) is 0 Å². The standard InChI is InChI=1S/C12H25P/c1-5-9-13(10-6-2)11-12(7-3)8-4/h11H,5-10H2,1-4H3. The first kappa shape index (κ1) is 13.2. The Bertz CT molecular complexity index is 126. The molecule has 0 aromatic heterocycles. The highest BCUT2D eigenvalue weighted by atomic mass is 31.1. The van der Waals surface area contributed by atoms with E-state index < -0.39 is 0 Å². The fourth-order valence-corrected chi connectivity index (χ4v) is 4.02. The molecule has 0 aliphatic rings. The zero-order valence-electron chi connectivity index (χ0n) is 9.77. The van der Waals surface area contributed by atoms with Gasteiger partial charge in [-0.2, -0.15) is 0 Å². The van der Waals surface area contributed by atoms with E-state index in [1.165, 1.54) is 38.0 Å². The number of hydrogen-bond donors (Lipinski definition) is 0. The lowest BCUT2D eigenvalue weighted by Gasteiger charge is -2.13. The molecule has 78 valence electrons. The van der Waals surface area contributed by atoms with Gasteiger partial charge in [-0.1, -0.05) is 59.8 Å². The summed E-state index contributed by atoms with van der Waals surface area (Å²) in [7, 11) is 0.226. The van der Waals surface area contributed by atoms with E-state index in [2.05, 4.69) is 33.5 Å². The van der Waals surface area contributed by atoms with Gasteiger partial charge in [0.05, 0.1) is 0 Å². The third-order valence-electron chi connectivity index (χ3n) is 2.30. The van der Waals surface area contributed by atoms with Gasteiger partial charge in [0.1, 0.15) is 0 Å². The highest BCUT2D eigenvalue weighted by Crippen LogP contribution is 2.40. The van der Waals surface area contributed by atoms with Crippen LogP contribution in [0.1, 0.15) is 53.4 Å². The van der Waals surface area contributed by atoms with Crippen LogP contribution in [0.25, 0.3) is 0 Å². The number of allylic oxidation sites excluding steroid dienone is 1. The van der Waals surface area contributed by atoms with E-state index in [9.17, 15) is 0 Å². The SMILES string of the molecule is CCCP(C=C(CC)CC)CCC. The molecule has 0 aromatic rings. The first-order valence-corrected chi connectivity index (χ1v) is 7.50. The monoisotopic (exact) mass is 200 g/mol. The molecule has 0 amide bonds. The average Bonchev–Trinajstić information content (AvgIpc) is 2.14. The summed E-state index contributed by atoms with van der Waals surface area (Å²) in [4.78, 5) is 0. The minimum atomic E-state index is 0.226. The van der Waals surface area contributed by atoms with Crippen LogP contribution in [-0.2, 0) is 0 Å². The quantitative estimate of drug-likeness (QED) is 0.508. The Hall–Kier alpha value is 0.170. The maximum absolute atomic E-state index is 2.60. The summed E-state index contributed by atoms with van der Waals surface area (Å²) in [5.41, 5.74) is 1.67. The molecule has 0 bridgehead atoms. The molecule has 0 spiro atoms. The summed E-state index contributed by atoms with van der Waals surface area (Å²) in [6.07, 6.45) is 8.08. The van der Waals surface area contributed by atoms with Crippen molar-refractivity contribution in [1.82, 2.24) is 0 Å². The van der Waals surface area contributed by atoms with Gasteiger partial charge in [-0.3, -0.25) is 0 Å². The normalized spacial score (nSPS) is 10.5. The second kappa shape index (κ2) is 8.75. The van der Waals surface area contributed by atoms with Crippen molar-refractivity contribution < 1.29 is 0 Å². The van der Waals surface area contributed by atoms with Crippen molar-refractivity contribution in [3.05, 3.63) is 11.4 Å². The van der Waals surface area contributed by atoms with Gasteiger partial charge in [-0.15, -0.1) is 0 Å². The second-order valence-electron chi connectivity index (χ2n) is 3.53. The molecular weight excluding hydrogens is 175 g/mol. The van der Waals surface area contributed by atoms with Crippen LogP contribution in [0, 0.1) is 0 Å². The van der Waals surface area contributed by atoms with Crippen LogP contribution in [-0.4, -0.2) is 12.3 Å². The van der Waals surface area contributed by atoms with Gasteiger partial charge < -0.3 is 0 Å². The third-order valence-corrected chi connectivity index (χ3v) is 5.07. The molecular formula is C12H25P. The molecule has 0 aliphatic carbocycles. The van der Waals surface area contributed by atoms with E-state index >= 15 is 0 Å². The number of rotatable bonds is 7. The number of hydrogen-bond acceptors (Lipinski definition) is 0. The van der Waals surface area contributed by atoms with Gasteiger partial charge in [0, 0.05) is 0 Å². The summed E-state index contributed by atoms with van der Waals surface area (Å²) >= 11 is 0. The van der Waals surface area contributed by atoms with Gasteiger partial charge in [-0.25, -0.2) is 0 Å². The lowest BCUT2D eigenvalue weighted by atomic mass is 10.2. The van der Waals surface area contributed by atoms with Crippen molar-refractivity contribution >= 4 is 7.92 Å². The van der Waals surface area contributed by atoms with Gasteiger partial charge in [0.15, 0.2) is 0 Å². The molecule has 0 rings (SSSR count). The van der Waals surface area contributed by atoms with Crippen LogP contribution < -0.4 is 0 Å². The molecule has 0 heterocycles. The van der Waals surface area contributed by atoms with Crippen LogP contribution in [0.15, 0.2) is 11.4 Å². The highest BCUT2D eigenvalue weighted by Gasteiger charge is 2.02. The maximum Gasteiger partial charge on any atom is -0.0294 e. The molecule has 0 atom stereocenters. The summed E-state index contributed by atoms with van der Waals surface area (Å²) < 4.78 is 0. The largest absolute Gasteiger partial charge is 0.0833 e. The van der Waals surface area contributed by atoms with Gasteiger partial charge in [-0.05, 0) is 25.2 Å². The van der Waals surface area contributed by atoms with Crippen molar-refractivity contribution in [1.29, 1.82) is 0 Å². The lowest BCUT2D eigenvalue weighted by Crippen LogP contribution is -1.87. The minimum Gasteiger partial charge on any atom is -0.0833 e. The predicted octanol–water partition coefficient (Wildman–Crippen LogP) is 4.99. The highest BCUT2D eigenvalue weighted by molar-refractivity contribution is 7.60. The molecule has 0 aromatic carbocycles. The summed E-state index contributed by atoms with van der Waals surface area (Å²) in [5, 5.41) is 0. The fraction of sp³-hybridized carbons (Fsp3) is 0.833. The predicted molar refractivity (Wildman–Crippen MR) is 65.9 cm³/mol. The van der Waals surface area contributed by atoms with Crippen LogP contribution >= 0.6 is 7.92 Å². The van der Waals surface area contributed by atoms with Crippen molar-refractivity contribution in [2.75, 3.05) is 12.3 Å². The fourth-order valence-electron chi connectivity index (χ4n) is 1.51. The van der Waals surface area contributed by atoms with Crippen molar-refractivity contribution in [2.24, 2.45) is 0 Å². The second-order valence-corrected chi connectivity index (χ2v) is 5.86. The molecule has 0 saturated heterocycles. The van der Waals surface area contributed by atoms with Crippen LogP contribution in [0.5, 0.6) is 0 Å². The summed E-state index contributed by atoms with van der Waals surface area (Å²) in [5.74, 6) is 2.60. The van der Waals surface area contributed by atoms with Crippen LogP contribution in [0.2, 0.25) is 0 Å². The smallest absolute Gasteiger partial charge is 0.0294 e. The third kappa shape index (κ3) is 6.27. The molecule has 0 radical (unpaired) electrons. The Morgan fingerprint density at radius 1 is 0.923 bits per heavy atom. The van der Waals surface area contributed by atoms with E-state index in [0.29, 0.717) is 0 Å². The lowest BCUT2D eigenvalue weighted by molar-refractivity contribution is 0.980. The summed E-state index contributed by atoms with van der Waals surface area (Å²) in [6, 6.07) is 0. The summed E-state index contributed by atoms with van der Waals surface area (Å²) in [6.45, 7) is 9.16. The Kier molecular flexibility index (Phi) is 8.87. The maximum atomic E-state index is 2.60. The van der Waals surface area contributed by atoms with Gasteiger partial charge >= 0.3 is 0 Å². The first-order valence-electron chi connectivity index (χ1n) is 5.71. The average molecular weight is 200 g/mol. The molecule has 1 heteroatoms. The zero-order chi connectivity index (χ0) is 10.1. The molecule has 0 saturated carbocycles. The Morgan fingerprint density at radius 3 is 1.69 bits per heavy atom. The molecule has 0 nitrogen and oxygen atoms in total. The van der Waals surface area contributed by atoms with Gasteiger partial charge in [0.2, 0.25) is 0 Å². The molecule has 0 aliphatic heterocycles. The van der Waals surface area contributed by atoms with E-state index in [1.807, 2.05) is 0 Å². The topological polar surface area (TPSA) is 0 Å². The first-order chi connectivity index (χ1) is 6.28. The zero-order valence-corrected chi connectivity index (χ0v) is 10.7. The Labute approximate surface area is 85.6 Å². The van der Waals surface area contributed by atoms with Crippen molar-refractivity contribution in [3.8, 4) is 0 Å². The van der Waals surface area contributed by atoms with Crippen LogP contribution in [0.3, 0.4) is 0 Å². The molecule has 13 heavy (non-hydrogen) atoms. The van der Waals surface area contributed by atoms with Gasteiger partial charge in [0.25, 0.3) is 0 Å². The Balaban J connectivity index is 4.09. The molecule has 0 N–H and O–H groups in total. The molecule has 0 fully saturated rings. The molecule has 0 unspecified atom stereocenters. The van der Waals surface area contributed by atoms with E-state index in [1.54, 1.807) is 5.57 Å².